The van der Waals surface area contributed by atoms with Crippen LogP contribution in [0, 0.1) is 17.8 Å². The average molecular weight is 522 g/mol. The van der Waals surface area contributed by atoms with Gasteiger partial charge in [-0.1, -0.05) is 51.7 Å². The molecule has 1 atom stereocenters. The van der Waals surface area contributed by atoms with Crippen molar-refractivity contribution in [2.24, 2.45) is 5.92 Å². The number of ether oxygens (including phenoxy) is 1. The van der Waals surface area contributed by atoms with E-state index < -0.39 is 12.0 Å². The van der Waals surface area contributed by atoms with Crippen LogP contribution in [0.5, 0.6) is 0 Å². The van der Waals surface area contributed by atoms with Crippen LogP contribution in [0.25, 0.3) is 0 Å². The number of aliphatic carboxylic acids is 1. The van der Waals surface area contributed by atoms with E-state index in [9.17, 15) is 14.7 Å². The Morgan fingerprint density at radius 2 is 1.47 bits per heavy atom. The molecule has 0 aromatic heterocycles. The first kappa shape index (κ1) is 31.0. The van der Waals surface area contributed by atoms with Crippen LogP contribution in [-0.2, 0) is 16.1 Å². The Hall–Kier alpha value is -3.18. The number of piperidine rings is 1. The van der Waals surface area contributed by atoms with Gasteiger partial charge in [0.25, 0.3) is 5.91 Å². The summed E-state index contributed by atoms with van der Waals surface area (Å²) >= 11 is 0. The van der Waals surface area contributed by atoms with Crippen molar-refractivity contribution >= 4 is 11.9 Å². The van der Waals surface area contributed by atoms with Crippen LogP contribution < -0.4 is 10.6 Å². The SMILES string of the molecule is CC.CC.O=C(NC(C(=O)O)C1CCNCC1)c1ccc(C#Cc2ccc(CN3CCOCC3)cc2)cc1. The molecule has 2 fully saturated rings. The number of hydrogen-bond donors (Lipinski definition) is 3. The summed E-state index contributed by atoms with van der Waals surface area (Å²) in [6, 6.07) is 14.3. The molecule has 4 rings (SSSR count). The number of benzene rings is 2. The minimum Gasteiger partial charge on any atom is -0.480 e. The van der Waals surface area contributed by atoms with Crippen molar-refractivity contribution in [3.63, 3.8) is 0 Å². The van der Waals surface area contributed by atoms with E-state index in [2.05, 4.69) is 39.5 Å². The van der Waals surface area contributed by atoms with Gasteiger partial charge < -0.3 is 20.5 Å². The smallest absolute Gasteiger partial charge is 0.326 e. The van der Waals surface area contributed by atoms with Crippen LogP contribution in [0.1, 0.15) is 67.6 Å². The predicted molar refractivity (Wildman–Crippen MR) is 152 cm³/mol. The van der Waals surface area contributed by atoms with Gasteiger partial charge in [0, 0.05) is 36.3 Å². The van der Waals surface area contributed by atoms with Crippen molar-refractivity contribution in [2.45, 2.75) is 53.1 Å². The topological polar surface area (TPSA) is 90.9 Å². The number of nitrogens with one attached hydrogen (secondary N) is 2. The highest BCUT2D eigenvalue weighted by Gasteiger charge is 2.30. The Bertz CT molecular complexity index is 1030. The van der Waals surface area contributed by atoms with Crippen LogP contribution in [0.4, 0.5) is 0 Å². The lowest BCUT2D eigenvalue weighted by Gasteiger charge is -2.28. The molecule has 2 aliphatic rings. The minimum atomic E-state index is -0.987. The van der Waals surface area contributed by atoms with Gasteiger partial charge in [-0.3, -0.25) is 9.69 Å². The summed E-state index contributed by atoms with van der Waals surface area (Å²) in [5.74, 6) is 4.87. The Labute approximate surface area is 228 Å². The first-order valence-electron chi connectivity index (χ1n) is 13.8. The van der Waals surface area contributed by atoms with Crippen molar-refractivity contribution in [1.29, 1.82) is 0 Å². The van der Waals surface area contributed by atoms with Crippen molar-refractivity contribution in [3.05, 3.63) is 70.8 Å². The fourth-order valence-corrected chi connectivity index (χ4v) is 4.34. The third kappa shape index (κ3) is 9.94. The third-order valence-corrected chi connectivity index (χ3v) is 6.37. The maximum absolute atomic E-state index is 12.6. The van der Waals surface area contributed by atoms with Gasteiger partial charge >= 0.3 is 5.97 Å². The molecule has 2 heterocycles. The maximum atomic E-state index is 12.6. The molecule has 0 saturated carbocycles. The van der Waals surface area contributed by atoms with Gasteiger partial charge in [-0.25, -0.2) is 4.79 Å². The Morgan fingerprint density at radius 1 is 0.947 bits per heavy atom. The number of carbonyl (C=O) groups excluding carboxylic acids is 1. The highest BCUT2D eigenvalue weighted by molar-refractivity contribution is 5.96. The number of morpholine rings is 1. The molecule has 7 heteroatoms. The van der Waals surface area contributed by atoms with Crippen molar-refractivity contribution < 1.29 is 19.4 Å². The van der Waals surface area contributed by atoms with Gasteiger partial charge in [0.15, 0.2) is 0 Å². The van der Waals surface area contributed by atoms with Gasteiger partial charge in [-0.05, 0) is 73.8 Å². The van der Waals surface area contributed by atoms with E-state index in [4.69, 9.17) is 4.74 Å². The van der Waals surface area contributed by atoms with Crippen molar-refractivity contribution in [3.8, 4) is 11.8 Å². The molecule has 7 nitrogen and oxygen atoms in total. The highest BCUT2D eigenvalue weighted by Crippen LogP contribution is 2.17. The number of carboxylic acid groups (broad SMARTS) is 1. The largest absolute Gasteiger partial charge is 0.480 e. The fourth-order valence-electron chi connectivity index (χ4n) is 4.34. The monoisotopic (exact) mass is 521 g/mol. The minimum absolute atomic E-state index is 0.0619. The summed E-state index contributed by atoms with van der Waals surface area (Å²) in [5.41, 5.74) is 3.41. The van der Waals surface area contributed by atoms with Crippen molar-refractivity contribution in [2.75, 3.05) is 39.4 Å². The van der Waals surface area contributed by atoms with Crippen LogP contribution in [0.15, 0.2) is 48.5 Å². The van der Waals surface area contributed by atoms with E-state index in [1.54, 1.807) is 24.3 Å². The second-order valence-corrected chi connectivity index (χ2v) is 8.79. The van der Waals surface area contributed by atoms with Crippen LogP contribution in [-0.4, -0.2) is 67.3 Å². The number of carbonyl (C=O) groups is 2. The Kier molecular flexibility index (Phi) is 14.2. The van der Waals surface area contributed by atoms with Crippen molar-refractivity contribution in [1.82, 2.24) is 15.5 Å². The summed E-state index contributed by atoms with van der Waals surface area (Å²) in [7, 11) is 0. The molecule has 0 spiro atoms. The maximum Gasteiger partial charge on any atom is 0.326 e. The van der Waals surface area contributed by atoms with Gasteiger partial charge in [-0.2, -0.15) is 0 Å². The molecule has 2 saturated heterocycles. The van der Waals surface area contributed by atoms with Crippen LogP contribution in [0.3, 0.4) is 0 Å². The number of rotatable bonds is 6. The van der Waals surface area contributed by atoms with E-state index in [0.29, 0.717) is 5.56 Å². The normalized spacial score (nSPS) is 16.3. The van der Waals surface area contributed by atoms with Gasteiger partial charge in [0.1, 0.15) is 6.04 Å². The molecule has 2 aromatic rings. The molecule has 0 aliphatic carbocycles. The molecule has 0 bridgehead atoms. The predicted octanol–water partition coefficient (Wildman–Crippen LogP) is 4.15. The molecule has 2 aliphatic heterocycles. The van der Waals surface area contributed by atoms with E-state index in [1.807, 2.05) is 39.8 Å². The quantitative estimate of drug-likeness (QED) is 0.495. The first-order chi connectivity index (χ1) is 18.6. The molecule has 3 N–H and O–H groups in total. The van der Waals surface area contributed by atoms with E-state index in [-0.39, 0.29) is 11.8 Å². The van der Waals surface area contributed by atoms with E-state index in [1.165, 1.54) is 5.56 Å². The summed E-state index contributed by atoms with van der Waals surface area (Å²) in [5, 5.41) is 15.5. The molecule has 1 amide bonds. The zero-order valence-corrected chi connectivity index (χ0v) is 23.3. The second-order valence-electron chi connectivity index (χ2n) is 8.79. The lowest BCUT2D eigenvalue weighted by Crippen LogP contribution is -2.48. The highest BCUT2D eigenvalue weighted by atomic mass is 16.5. The van der Waals surface area contributed by atoms with Gasteiger partial charge in [0.05, 0.1) is 13.2 Å². The van der Waals surface area contributed by atoms with Crippen LogP contribution >= 0.6 is 0 Å². The fraction of sp³-hybridized carbons (Fsp3) is 0.484. The molecular formula is C31H43N3O4. The number of hydrogen-bond acceptors (Lipinski definition) is 5. The second kappa shape index (κ2) is 17.4. The Morgan fingerprint density at radius 3 is 2.00 bits per heavy atom. The molecule has 0 radical (unpaired) electrons. The lowest BCUT2D eigenvalue weighted by molar-refractivity contribution is -0.141. The molecule has 206 valence electrons. The number of amides is 1. The summed E-state index contributed by atoms with van der Waals surface area (Å²) in [4.78, 5) is 26.7. The summed E-state index contributed by atoms with van der Waals surface area (Å²) in [6.07, 6.45) is 1.47. The van der Waals surface area contributed by atoms with Gasteiger partial charge in [0.2, 0.25) is 0 Å². The van der Waals surface area contributed by atoms with Crippen LogP contribution in [0.2, 0.25) is 0 Å². The standard InChI is InChI=1S/C27H31N3O4.2C2H6/c31-26(29-25(27(32)33)23-11-13-28-14-12-23)24-9-7-21(8-10-24)2-1-20-3-5-22(6-4-20)19-30-15-17-34-18-16-30;2*1-2/h3-10,23,25,28H,11-19H2,(H,29,31)(H,32,33);2*1-2H3. The van der Waals surface area contributed by atoms with E-state index >= 15 is 0 Å². The van der Waals surface area contributed by atoms with E-state index in [0.717, 1.165) is 69.9 Å². The van der Waals surface area contributed by atoms with Gasteiger partial charge in [-0.15, -0.1) is 0 Å². The Balaban J connectivity index is 0.00000121. The zero-order valence-electron chi connectivity index (χ0n) is 23.3. The molecule has 2 aromatic carbocycles. The zero-order chi connectivity index (χ0) is 27.8. The first-order valence-corrected chi connectivity index (χ1v) is 13.8. The lowest BCUT2D eigenvalue weighted by atomic mass is 9.90. The summed E-state index contributed by atoms with van der Waals surface area (Å²) < 4.78 is 5.39. The molecular weight excluding hydrogens is 478 g/mol. The third-order valence-electron chi connectivity index (χ3n) is 6.37. The number of carboxylic acids is 1. The number of nitrogens with zero attached hydrogens (tertiary/aromatic N) is 1. The molecule has 1 unspecified atom stereocenters. The average Bonchev–Trinajstić information content (AvgIpc) is 2.98. The molecule has 38 heavy (non-hydrogen) atoms. The summed E-state index contributed by atoms with van der Waals surface area (Å²) in [6.45, 7) is 14.0.